The minimum atomic E-state index is -0.284. The Hall–Kier alpha value is -3.46. The smallest absolute Gasteiger partial charge is 0.259 e. The van der Waals surface area contributed by atoms with E-state index in [0.29, 0.717) is 43.2 Å². The van der Waals surface area contributed by atoms with E-state index in [1.165, 1.54) is 0 Å². The van der Waals surface area contributed by atoms with Gasteiger partial charge in [0.15, 0.2) is 11.5 Å². The minimum absolute atomic E-state index is 0.0231. The third-order valence-electron chi connectivity index (χ3n) is 5.40. The number of hydrogen-bond acceptors (Lipinski definition) is 7. The number of benzene rings is 1. The molecule has 0 fully saturated rings. The SMILES string of the molecule is O=C(CN1CCCCCCOc2ccccc2Oc2ncccc2C1=O)NCCc1nccs1. The number of nitrogens with zero attached hydrogens (tertiary/aromatic N) is 3. The lowest BCUT2D eigenvalue weighted by atomic mass is 10.1. The molecule has 0 unspecified atom stereocenters. The molecule has 1 N–H and O–H groups in total. The van der Waals surface area contributed by atoms with Gasteiger partial charge in [-0.1, -0.05) is 25.0 Å². The number of pyridine rings is 1. The van der Waals surface area contributed by atoms with Gasteiger partial charge < -0.3 is 19.7 Å². The Balaban J connectivity index is 1.50. The Morgan fingerprint density at radius 1 is 1.03 bits per heavy atom. The molecule has 3 heterocycles. The number of carbonyl (C=O) groups is 2. The van der Waals surface area contributed by atoms with Crippen LogP contribution in [0.25, 0.3) is 0 Å². The Labute approximate surface area is 202 Å². The van der Waals surface area contributed by atoms with Gasteiger partial charge in [-0.25, -0.2) is 9.97 Å². The van der Waals surface area contributed by atoms with E-state index in [1.807, 2.05) is 23.6 Å². The highest BCUT2D eigenvalue weighted by molar-refractivity contribution is 7.09. The molecule has 9 heteroatoms. The van der Waals surface area contributed by atoms with Gasteiger partial charge in [-0.3, -0.25) is 9.59 Å². The molecule has 0 saturated heterocycles. The van der Waals surface area contributed by atoms with Crippen molar-refractivity contribution < 1.29 is 19.1 Å². The van der Waals surface area contributed by atoms with E-state index < -0.39 is 0 Å². The zero-order chi connectivity index (χ0) is 23.6. The van der Waals surface area contributed by atoms with Crippen molar-refractivity contribution in [2.45, 2.75) is 32.1 Å². The maximum Gasteiger partial charge on any atom is 0.259 e. The van der Waals surface area contributed by atoms with Gasteiger partial charge in [0.05, 0.1) is 18.2 Å². The molecule has 8 nitrogen and oxygen atoms in total. The van der Waals surface area contributed by atoms with Crippen LogP contribution in [0.2, 0.25) is 0 Å². The fourth-order valence-corrected chi connectivity index (χ4v) is 4.29. The lowest BCUT2D eigenvalue weighted by molar-refractivity contribution is -0.121. The molecule has 34 heavy (non-hydrogen) atoms. The Morgan fingerprint density at radius 2 is 1.88 bits per heavy atom. The van der Waals surface area contributed by atoms with Crippen LogP contribution in [-0.4, -0.2) is 52.9 Å². The standard InChI is InChI=1S/C25H28N4O4S/c30-22(26-13-11-23-27-14-17-34-23)18-29-15-5-1-2-6-16-32-20-9-3-4-10-21(20)33-24-19(25(29)31)8-7-12-28-24/h3-4,7-10,12,14,17H,1-2,5-6,11,13,15-16,18H2,(H,26,30). The molecule has 2 aromatic heterocycles. The number of rotatable bonds is 5. The first-order valence-corrected chi connectivity index (χ1v) is 12.4. The van der Waals surface area contributed by atoms with Crippen LogP contribution in [0.5, 0.6) is 17.4 Å². The predicted octanol–water partition coefficient (Wildman–Crippen LogP) is 4.08. The van der Waals surface area contributed by atoms with E-state index in [4.69, 9.17) is 9.47 Å². The first-order valence-electron chi connectivity index (χ1n) is 11.5. The summed E-state index contributed by atoms with van der Waals surface area (Å²) in [7, 11) is 0. The zero-order valence-corrected chi connectivity index (χ0v) is 19.8. The highest BCUT2D eigenvalue weighted by Crippen LogP contribution is 2.32. The summed E-state index contributed by atoms with van der Waals surface area (Å²) in [5, 5.41) is 5.78. The normalized spacial score (nSPS) is 14.7. The predicted molar refractivity (Wildman–Crippen MR) is 129 cm³/mol. The van der Waals surface area contributed by atoms with Crippen molar-refractivity contribution in [3.05, 3.63) is 64.7 Å². The molecule has 1 aliphatic rings. The van der Waals surface area contributed by atoms with Crippen molar-refractivity contribution in [3.8, 4) is 17.4 Å². The second kappa shape index (κ2) is 12.1. The Kier molecular flexibility index (Phi) is 8.45. The van der Waals surface area contributed by atoms with Gasteiger partial charge in [0, 0.05) is 37.3 Å². The second-order valence-electron chi connectivity index (χ2n) is 7.92. The highest BCUT2D eigenvalue weighted by Gasteiger charge is 2.23. The summed E-state index contributed by atoms with van der Waals surface area (Å²) < 4.78 is 11.9. The van der Waals surface area contributed by atoms with Gasteiger partial charge in [-0.15, -0.1) is 11.3 Å². The molecule has 178 valence electrons. The van der Waals surface area contributed by atoms with Crippen molar-refractivity contribution in [3.63, 3.8) is 0 Å². The molecule has 0 atom stereocenters. The topological polar surface area (TPSA) is 93.7 Å². The maximum absolute atomic E-state index is 13.5. The van der Waals surface area contributed by atoms with Gasteiger partial charge >= 0.3 is 0 Å². The van der Waals surface area contributed by atoms with Crippen molar-refractivity contribution >= 4 is 23.2 Å². The molecule has 1 aromatic carbocycles. The van der Waals surface area contributed by atoms with Gasteiger partial charge in [0.25, 0.3) is 5.91 Å². The number of para-hydroxylation sites is 2. The second-order valence-corrected chi connectivity index (χ2v) is 8.90. The summed E-state index contributed by atoms with van der Waals surface area (Å²) in [6, 6.07) is 10.7. The number of fused-ring (bicyclic) bond motifs is 2. The van der Waals surface area contributed by atoms with Crippen LogP contribution in [0, 0.1) is 0 Å². The third-order valence-corrected chi connectivity index (χ3v) is 6.24. The summed E-state index contributed by atoms with van der Waals surface area (Å²) in [5.74, 6) is 0.818. The molecule has 0 aliphatic carbocycles. The highest BCUT2D eigenvalue weighted by atomic mass is 32.1. The van der Waals surface area contributed by atoms with Crippen LogP contribution in [0.4, 0.5) is 0 Å². The van der Waals surface area contributed by atoms with Gasteiger partial charge in [0.1, 0.15) is 5.56 Å². The van der Waals surface area contributed by atoms with Crippen molar-refractivity contribution in [1.29, 1.82) is 0 Å². The van der Waals surface area contributed by atoms with E-state index in [2.05, 4.69) is 15.3 Å². The first kappa shape index (κ1) is 23.7. The van der Waals surface area contributed by atoms with Crippen LogP contribution in [0.1, 0.15) is 41.0 Å². The molecular formula is C25H28N4O4S. The quantitative estimate of drug-likeness (QED) is 0.591. The number of thiazole rings is 1. The molecular weight excluding hydrogens is 452 g/mol. The van der Waals surface area contributed by atoms with Crippen molar-refractivity contribution in [2.75, 3.05) is 26.2 Å². The van der Waals surface area contributed by atoms with E-state index in [1.54, 1.807) is 46.8 Å². The summed E-state index contributed by atoms with van der Waals surface area (Å²) in [4.78, 5) is 36.3. The molecule has 2 amide bonds. The maximum atomic E-state index is 13.5. The molecule has 3 aromatic rings. The summed E-state index contributed by atoms with van der Waals surface area (Å²) in [6.07, 6.45) is 7.60. The minimum Gasteiger partial charge on any atom is -0.490 e. The summed E-state index contributed by atoms with van der Waals surface area (Å²) in [5.41, 5.74) is 0.310. The largest absolute Gasteiger partial charge is 0.490 e. The van der Waals surface area contributed by atoms with Gasteiger partial charge in [-0.2, -0.15) is 0 Å². The monoisotopic (exact) mass is 480 g/mol. The third kappa shape index (κ3) is 6.54. The van der Waals surface area contributed by atoms with Crippen LogP contribution < -0.4 is 14.8 Å². The summed E-state index contributed by atoms with van der Waals surface area (Å²) >= 11 is 1.56. The molecule has 0 bridgehead atoms. The lowest BCUT2D eigenvalue weighted by Gasteiger charge is -2.23. The molecule has 4 rings (SSSR count). The van der Waals surface area contributed by atoms with Crippen LogP contribution in [0.15, 0.2) is 54.2 Å². The van der Waals surface area contributed by atoms with Crippen LogP contribution in [0.3, 0.4) is 0 Å². The Morgan fingerprint density at radius 3 is 2.74 bits per heavy atom. The number of ether oxygens (including phenoxy) is 2. The molecule has 0 radical (unpaired) electrons. The van der Waals surface area contributed by atoms with Gasteiger partial charge in [-0.05, 0) is 37.1 Å². The average Bonchev–Trinajstić information content (AvgIpc) is 3.37. The van der Waals surface area contributed by atoms with Crippen LogP contribution >= 0.6 is 11.3 Å². The first-order chi connectivity index (χ1) is 16.7. The van der Waals surface area contributed by atoms with Crippen molar-refractivity contribution in [1.82, 2.24) is 20.2 Å². The number of aromatic nitrogens is 2. The van der Waals surface area contributed by atoms with Gasteiger partial charge in [0.2, 0.25) is 11.8 Å². The fourth-order valence-electron chi connectivity index (χ4n) is 3.67. The molecule has 0 spiro atoms. The number of amides is 2. The van der Waals surface area contributed by atoms with Crippen molar-refractivity contribution in [2.24, 2.45) is 0 Å². The average molecular weight is 481 g/mol. The van der Waals surface area contributed by atoms with E-state index in [-0.39, 0.29) is 24.2 Å². The number of hydrogen-bond donors (Lipinski definition) is 1. The number of nitrogens with one attached hydrogen (secondary N) is 1. The summed E-state index contributed by atoms with van der Waals surface area (Å²) in [6.45, 7) is 1.52. The molecule has 0 saturated carbocycles. The Bertz CT molecular complexity index is 1090. The number of carbonyl (C=O) groups excluding carboxylic acids is 2. The van der Waals surface area contributed by atoms with E-state index >= 15 is 0 Å². The van der Waals surface area contributed by atoms with E-state index in [0.717, 1.165) is 30.7 Å². The zero-order valence-electron chi connectivity index (χ0n) is 18.9. The lowest BCUT2D eigenvalue weighted by Crippen LogP contribution is -2.42. The fraction of sp³-hybridized carbons (Fsp3) is 0.360. The molecule has 1 aliphatic heterocycles. The van der Waals surface area contributed by atoms with Crippen LogP contribution in [-0.2, 0) is 11.2 Å². The van der Waals surface area contributed by atoms with E-state index in [9.17, 15) is 9.59 Å².